The molecule has 0 spiro atoms. The zero-order valence-corrected chi connectivity index (χ0v) is 10.3. The lowest BCUT2D eigenvalue weighted by Crippen LogP contribution is -2.40. The molecule has 2 aliphatic rings. The van der Waals surface area contributed by atoms with Gasteiger partial charge in [-0.15, -0.1) is 0 Å². The highest BCUT2D eigenvalue weighted by Gasteiger charge is 2.32. The molecule has 1 aliphatic carbocycles. The Kier molecular flexibility index (Phi) is 3.36. The molecule has 2 heteroatoms. The molecule has 15 heavy (non-hydrogen) atoms. The van der Waals surface area contributed by atoms with Gasteiger partial charge in [-0.25, -0.2) is 0 Å². The summed E-state index contributed by atoms with van der Waals surface area (Å²) in [4.78, 5) is 2.63. The minimum atomic E-state index is 0.475. The van der Waals surface area contributed by atoms with Crippen LogP contribution in [0.25, 0.3) is 0 Å². The highest BCUT2D eigenvalue weighted by atomic mass is 15.2. The highest BCUT2D eigenvalue weighted by Crippen LogP contribution is 2.31. The number of hydrogen-bond acceptors (Lipinski definition) is 2. The SMILES string of the molecule is CC1(C)CCN(CC2CCCCC2N)C1. The van der Waals surface area contributed by atoms with E-state index in [2.05, 4.69) is 18.7 Å². The van der Waals surface area contributed by atoms with Crippen molar-refractivity contribution in [1.82, 2.24) is 4.90 Å². The van der Waals surface area contributed by atoms with Gasteiger partial charge in [-0.1, -0.05) is 26.7 Å². The maximum atomic E-state index is 6.20. The maximum absolute atomic E-state index is 6.20. The van der Waals surface area contributed by atoms with Crippen LogP contribution < -0.4 is 5.73 Å². The van der Waals surface area contributed by atoms with Gasteiger partial charge in [0.2, 0.25) is 0 Å². The van der Waals surface area contributed by atoms with E-state index in [1.807, 2.05) is 0 Å². The van der Waals surface area contributed by atoms with Gasteiger partial charge in [-0.2, -0.15) is 0 Å². The van der Waals surface area contributed by atoms with Crippen LogP contribution in [0.3, 0.4) is 0 Å². The molecule has 2 unspecified atom stereocenters. The van der Waals surface area contributed by atoms with E-state index in [0.29, 0.717) is 11.5 Å². The summed E-state index contributed by atoms with van der Waals surface area (Å²) in [6.07, 6.45) is 6.72. The summed E-state index contributed by atoms with van der Waals surface area (Å²) >= 11 is 0. The summed E-state index contributed by atoms with van der Waals surface area (Å²) < 4.78 is 0. The molecule has 2 nitrogen and oxygen atoms in total. The third-order valence-electron chi connectivity index (χ3n) is 4.22. The Morgan fingerprint density at radius 3 is 2.60 bits per heavy atom. The number of hydrogen-bond donors (Lipinski definition) is 1. The first-order valence-electron chi connectivity index (χ1n) is 6.55. The smallest absolute Gasteiger partial charge is 0.00793 e. The summed E-state index contributed by atoms with van der Waals surface area (Å²) in [5, 5.41) is 0. The lowest BCUT2D eigenvalue weighted by Gasteiger charge is -2.32. The largest absolute Gasteiger partial charge is 0.327 e. The summed E-state index contributed by atoms with van der Waals surface area (Å²) in [7, 11) is 0. The van der Waals surface area contributed by atoms with Gasteiger partial charge in [0, 0.05) is 19.1 Å². The summed E-state index contributed by atoms with van der Waals surface area (Å²) in [5.74, 6) is 0.771. The van der Waals surface area contributed by atoms with Crippen molar-refractivity contribution >= 4 is 0 Å². The zero-order chi connectivity index (χ0) is 10.9. The predicted molar refractivity (Wildman–Crippen MR) is 64.8 cm³/mol. The average Bonchev–Trinajstić information content (AvgIpc) is 2.50. The summed E-state index contributed by atoms with van der Waals surface area (Å²) in [6.45, 7) is 8.58. The maximum Gasteiger partial charge on any atom is 0.00793 e. The Balaban J connectivity index is 1.81. The molecule has 0 aromatic heterocycles. The van der Waals surface area contributed by atoms with Gasteiger partial charge >= 0.3 is 0 Å². The van der Waals surface area contributed by atoms with Crippen LogP contribution in [0.5, 0.6) is 0 Å². The van der Waals surface area contributed by atoms with E-state index in [0.717, 1.165) is 5.92 Å². The molecule has 0 aromatic rings. The molecule has 1 saturated carbocycles. The molecule has 0 amide bonds. The fraction of sp³-hybridized carbons (Fsp3) is 1.00. The lowest BCUT2D eigenvalue weighted by atomic mass is 9.84. The van der Waals surface area contributed by atoms with Crippen LogP contribution in [0.4, 0.5) is 0 Å². The normalized spacial score (nSPS) is 37.0. The number of nitrogens with zero attached hydrogens (tertiary/aromatic N) is 1. The molecule has 1 aliphatic heterocycles. The Morgan fingerprint density at radius 2 is 2.00 bits per heavy atom. The van der Waals surface area contributed by atoms with Gasteiger partial charge in [0.05, 0.1) is 0 Å². The lowest BCUT2D eigenvalue weighted by molar-refractivity contribution is 0.198. The van der Waals surface area contributed by atoms with Crippen molar-refractivity contribution < 1.29 is 0 Å². The van der Waals surface area contributed by atoms with E-state index in [1.54, 1.807) is 0 Å². The van der Waals surface area contributed by atoms with E-state index < -0.39 is 0 Å². The van der Waals surface area contributed by atoms with Crippen LogP contribution in [0.1, 0.15) is 46.0 Å². The van der Waals surface area contributed by atoms with E-state index in [1.165, 1.54) is 51.7 Å². The molecule has 0 radical (unpaired) electrons. The van der Waals surface area contributed by atoms with Crippen molar-refractivity contribution in [3.63, 3.8) is 0 Å². The zero-order valence-electron chi connectivity index (χ0n) is 10.3. The van der Waals surface area contributed by atoms with Gasteiger partial charge in [-0.3, -0.25) is 0 Å². The van der Waals surface area contributed by atoms with Gasteiger partial charge in [0.25, 0.3) is 0 Å². The number of nitrogens with two attached hydrogens (primary N) is 1. The molecular weight excluding hydrogens is 184 g/mol. The van der Waals surface area contributed by atoms with Gasteiger partial charge in [-0.05, 0) is 37.1 Å². The third-order valence-corrected chi connectivity index (χ3v) is 4.22. The number of rotatable bonds is 2. The molecule has 1 heterocycles. The third kappa shape index (κ3) is 2.94. The Bertz CT molecular complexity index is 213. The second kappa shape index (κ2) is 4.42. The minimum Gasteiger partial charge on any atom is -0.327 e. The van der Waals surface area contributed by atoms with E-state index in [-0.39, 0.29) is 0 Å². The second-order valence-corrected chi connectivity index (χ2v) is 6.36. The van der Waals surface area contributed by atoms with Crippen LogP contribution in [0, 0.1) is 11.3 Å². The minimum absolute atomic E-state index is 0.475. The Hall–Kier alpha value is -0.0800. The van der Waals surface area contributed by atoms with Crippen molar-refractivity contribution in [1.29, 1.82) is 0 Å². The molecule has 2 rings (SSSR count). The quantitative estimate of drug-likeness (QED) is 0.757. The molecule has 0 aromatic carbocycles. The van der Waals surface area contributed by atoms with Crippen LogP contribution in [-0.4, -0.2) is 30.6 Å². The summed E-state index contributed by atoms with van der Waals surface area (Å²) in [5.41, 5.74) is 6.74. The topological polar surface area (TPSA) is 29.3 Å². The van der Waals surface area contributed by atoms with Crippen molar-refractivity contribution in [2.75, 3.05) is 19.6 Å². The molecule has 2 N–H and O–H groups in total. The van der Waals surface area contributed by atoms with E-state index >= 15 is 0 Å². The average molecular weight is 210 g/mol. The fourth-order valence-electron chi connectivity index (χ4n) is 3.17. The highest BCUT2D eigenvalue weighted by molar-refractivity contribution is 4.87. The predicted octanol–water partition coefficient (Wildman–Crippen LogP) is 2.24. The van der Waals surface area contributed by atoms with Gasteiger partial charge in [0.15, 0.2) is 0 Å². The first kappa shape index (κ1) is 11.4. The number of likely N-dealkylation sites (tertiary alicyclic amines) is 1. The second-order valence-electron chi connectivity index (χ2n) is 6.36. The van der Waals surface area contributed by atoms with Crippen molar-refractivity contribution in [3.05, 3.63) is 0 Å². The summed E-state index contributed by atoms with van der Waals surface area (Å²) in [6, 6.07) is 0.475. The van der Waals surface area contributed by atoms with E-state index in [4.69, 9.17) is 5.73 Å². The Labute approximate surface area is 94.2 Å². The van der Waals surface area contributed by atoms with Crippen LogP contribution in [-0.2, 0) is 0 Å². The molecule has 2 atom stereocenters. The Morgan fingerprint density at radius 1 is 1.27 bits per heavy atom. The monoisotopic (exact) mass is 210 g/mol. The van der Waals surface area contributed by atoms with Crippen LogP contribution >= 0.6 is 0 Å². The van der Waals surface area contributed by atoms with Crippen LogP contribution in [0.15, 0.2) is 0 Å². The van der Waals surface area contributed by atoms with Gasteiger partial charge in [0.1, 0.15) is 0 Å². The van der Waals surface area contributed by atoms with Crippen molar-refractivity contribution in [3.8, 4) is 0 Å². The van der Waals surface area contributed by atoms with Gasteiger partial charge < -0.3 is 10.6 Å². The van der Waals surface area contributed by atoms with Crippen LogP contribution in [0.2, 0.25) is 0 Å². The molecule has 2 fully saturated rings. The molecule has 0 bridgehead atoms. The first-order chi connectivity index (χ1) is 7.07. The molecule has 1 saturated heterocycles. The standard InChI is InChI=1S/C13H26N2/c1-13(2)7-8-15(10-13)9-11-5-3-4-6-12(11)14/h11-12H,3-10,14H2,1-2H3. The molecule has 88 valence electrons. The van der Waals surface area contributed by atoms with Crippen molar-refractivity contribution in [2.24, 2.45) is 17.1 Å². The first-order valence-corrected chi connectivity index (χ1v) is 6.55. The fourth-order valence-corrected chi connectivity index (χ4v) is 3.17. The molecular formula is C13H26N2. The van der Waals surface area contributed by atoms with Crippen molar-refractivity contribution in [2.45, 2.75) is 52.0 Å². The van der Waals surface area contributed by atoms with E-state index in [9.17, 15) is 0 Å².